The molecule has 1 fully saturated rings. The van der Waals surface area contributed by atoms with Crippen LogP contribution in [0.5, 0.6) is 11.6 Å². The Morgan fingerprint density at radius 3 is 2.40 bits per heavy atom. The van der Waals surface area contributed by atoms with Gasteiger partial charge in [-0.1, -0.05) is 25.4 Å². The quantitative estimate of drug-likeness (QED) is 0.435. The van der Waals surface area contributed by atoms with E-state index < -0.39 is 17.8 Å². The summed E-state index contributed by atoms with van der Waals surface area (Å²) < 4.78 is 51.7. The molecule has 1 unspecified atom stereocenters. The van der Waals surface area contributed by atoms with Crippen molar-refractivity contribution in [2.45, 2.75) is 58.4 Å². The van der Waals surface area contributed by atoms with Gasteiger partial charge < -0.3 is 14.4 Å². The van der Waals surface area contributed by atoms with E-state index in [-0.39, 0.29) is 12.1 Å². The number of hydrogen-bond acceptors (Lipinski definition) is 6. The smallest absolute Gasteiger partial charge is 0.431 e. The molecule has 0 aliphatic carbocycles. The van der Waals surface area contributed by atoms with E-state index >= 15 is 0 Å². The number of benzene rings is 1. The highest BCUT2D eigenvalue weighted by atomic mass is 35.5. The largest absolute Gasteiger partial charge is 0.490 e. The van der Waals surface area contributed by atoms with Crippen LogP contribution < -0.4 is 19.4 Å². The first-order valence-corrected chi connectivity index (χ1v) is 12.3. The first kappa shape index (κ1) is 25.4. The van der Waals surface area contributed by atoms with Crippen LogP contribution in [0.25, 0.3) is 0 Å². The lowest BCUT2D eigenvalue weighted by Gasteiger charge is -2.34. The third-order valence-electron chi connectivity index (χ3n) is 6.54. The SMILES string of the molecule is CCOc1cc(N2CCC(Oc3ccc(N4N=C(C(F)(F)F)C(C)[C@@H]4CC)cc3)CC2)c(Cl)cn1. The molecular weight excluding hydrogens is 481 g/mol. The second-order valence-corrected chi connectivity index (χ2v) is 9.20. The van der Waals surface area contributed by atoms with Crippen molar-refractivity contribution in [3.05, 3.63) is 41.6 Å². The number of alkyl halides is 3. The van der Waals surface area contributed by atoms with E-state index in [1.165, 1.54) is 5.01 Å². The van der Waals surface area contributed by atoms with Crippen molar-refractivity contribution < 1.29 is 22.6 Å². The average molecular weight is 511 g/mol. The van der Waals surface area contributed by atoms with E-state index in [0.717, 1.165) is 31.6 Å². The Kier molecular flexibility index (Phi) is 7.64. The molecule has 0 amide bonds. The van der Waals surface area contributed by atoms with Crippen LogP contribution in [-0.2, 0) is 0 Å². The summed E-state index contributed by atoms with van der Waals surface area (Å²) in [4.78, 5) is 6.39. The van der Waals surface area contributed by atoms with Crippen LogP contribution in [0.3, 0.4) is 0 Å². The van der Waals surface area contributed by atoms with Crippen LogP contribution in [0.15, 0.2) is 41.6 Å². The van der Waals surface area contributed by atoms with Crippen LogP contribution in [0.4, 0.5) is 24.5 Å². The van der Waals surface area contributed by atoms with E-state index in [9.17, 15) is 13.2 Å². The normalized spacial score (nSPS) is 21.3. The zero-order chi connectivity index (χ0) is 25.2. The summed E-state index contributed by atoms with van der Waals surface area (Å²) in [5, 5.41) is 6.00. The number of rotatable bonds is 7. The number of nitrogens with zero attached hydrogens (tertiary/aromatic N) is 4. The third-order valence-corrected chi connectivity index (χ3v) is 6.83. The highest BCUT2D eigenvalue weighted by Gasteiger charge is 2.47. The lowest BCUT2D eigenvalue weighted by Crippen LogP contribution is -2.38. The molecule has 0 bridgehead atoms. The second kappa shape index (κ2) is 10.5. The highest BCUT2D eigenvalue weighted by molar-refractivity contribution is 6.33. The lowest BCUT2D eigenvalue weighted by molar-refractivity contribution is -0.0620. The predicted molar refractivity (Wildman–Crippen MR) is 132 cm³/mol. The van der Waals surface area contributed by atoms with Crippen LogP contribution in [0, 0.1) is 5.92 Å². The number of hydrogen-bond donors (Lipinski definition) is 0. The summed E-state index contributed by atoms with van der Waals surface area (Å²) in [6, 6.07) is 8.68. The maximum Gasteiger partial charge on any atom is 0.431 e. The standard InChI is InChI=1S/C25H30ClF3N4O2/c1-4-21-16(3)24(25(27,28)29)31-33(21)17-6-8-18(9-7-17)35-19-10-12-32(13-11-19)22-14-23(34-5-2)30-15-20(22)26/h6-9,14-16,19,21H,4-5,10-13H2,1-3H3/t16?,21-/m0/s1. The van der Waals surface area contributed by atoms with Gasteiger partial charge in [-0.25, -0.2) is 4.98 Å². The van der Waals surface area contributed by atoms with Crippen molar-refractivity contribution in [3.63, 3.8) is 0 Å². The molecule has 2 aromatic rings. The molecule has 0 N–H and O–H groups in total. The Labute approximate surface area is 208 Å². The van der Waals surface area contributed by atoms with Gasteiger partial charge in [-0.05, 0) is 37.6 Å². The lowest BCUT2D eigenvalue weighted by atomic mass is 9.95. The van der Waals surface area contributed by atoms with E-state index in [1.54, 1.807) is 37.4 Å². The van der Waals surface area contributed by atoms with Gasteiger partial charge in [0.1, 0.15) is 17.6 Å². The molecule has 10 heteroatoms. The van der Waals surface area contributed by atoms with Crippen molar-refractivity contribution in [1.82, 2.24) is 4.98 Å². The summed E-state index contributed by atoms with van der Waals surface area (Å²) in [6.45, 7) is 7.46. The van der Waals surface area contributed by atoms with Crippen LogP contribution in [0.1, 0.15) is 40.0 Å². The molecule has 35 heavy (non-hydrogen) atoms. The van der Waals surface area contributed by atoms with Gasteiger partial charge in [0.15, 0.2) is 0 Å². The average Bonchev–Trinajstić information content (AvgIpc) is 3.18. The van der Waals surface area contributed by atoms with Gasteiger partial charge >= 0.3 is 6.18 Å². The maximum atomic E-state index is 13.3. The Balaban J connectivity index is 1.37. The fourth-order valence-electron chi connectivity index (χ4n) is 4.73. The summed E-state index contributed by atoms with van der Waals surface area (Å²) in [6.07, 6.45) is -0.595. The zero-order valence-corrected chi connectivity index (χ0v) is 20.8. The minimum Gasteiger partial charge on any atom is -0.490 e. The molecule has 1 aromatic carbocycles. The third kappa shape index (κ3) is 5.60. The summed E-state index contributed by atoms with van der Waals surface area (Å²) in [5.41, 5.74) is 0.804. The molecular formula is C25H30ClF3N4O2. The van der Waals surface area contributed by atoms with E-state index in [1.807, 2.05) is 19.9 Å². The fraction of sp³-hybridized carbons (Fsp3) is 0.520. The van der Waals surface area contributed by atoms with Crippen molar-refractivity contribution in [2.24, 2.45) is 11.0 Å². The number of pyridine rings is 1. The summed E-state index contributed by atoms with van der Waals surface area (Å²) >= 11 is 6.36. The summed E-state index contributed by atoms with van der Waals surface area (Å²) in [7, 11) is 0. The summed E-state index contributed by atoms with van der Waals surface area (Å²) in [5.74, 6) is 0.558. The molecule has 6 nitrogen and oxygen atoms in total. The molecule has 4 rings (SSSR count). The Bertz CT molecular complexity index is 1040. The zero-order valence-electron chi connectivity index (χ0n) is 20.1. The van der Waals surface area contributed by atoms with E-state index in [4.69, 9.17) is 21.1 Å². The van der Waals surface area contributed by atoms with E-state index in [0.29, 0.717) is 35.4 Å². The first-order chi connectivity index (χ1) is 16.7. The number of aromatic nitrogens is 1. The molecule has 0 spiro atoms. The predicted octanol–water partition coefficient (Wildman–Crippen LogP) is 6.33. The first-order valence-electron chi connectivity index (χ1n) is 12.0. The number of ether oxygens (including phenoxy) is 2. The van der Waals surface area contributed by atoms with Crippen molar-refractivity contribution in [2.75, 3.05) is 29.6 Å². The minimum atomic E-state index is -4.43. The van der Waals surface area contributed by atoms with Gasteiger partial charge in [0.05, 0.1) is 35.2 Å². The highest BCUT2D eigenvalue weighted by Crippen LogP contribution is 2.37. The van der Waals surface area contributed by atoms with Crippen LogP contribution in [0.2, 0.25) is 5.02 Å². The number of hydrazone groups is 1. The van der Waals surface area contributed by atoms with Gasteiger partial charge in [-0.2, -0.15) is 18.3 Å². The van der Waals surface area contributed by atoms with Gasteiger partial charge in [-0.15, -0.1) is 0 Å². The molecule has 2 aliphatic rings. The minimum absolute atomic E-state index is 0.0362. The molecule has 2 atom stereocenters. The molecule has 3 heterocycles. The van der Waals surface area contributed by atoms with Gasteiger partial charge in [0, 0.05) is 37.9 Å². The monoisotopic (exact) mass is 510 g/mol. The van der Waals surface area contributed by atoms with Crippen molar-refractivity contribution in [3.8, 4) is 11.6 Å². The van der Waals surface area contributed by atoms with E-state index in [2.05, 4.69) is 15.0 Å². The van der Waals surface area contributed by atoms with Gasteiger partial charge in [0.25, 0.3) is 0 Å². The Morgan fingerprint density at radius 2 is 1.80 bits per heavy atom. The molecule has 0 radical (unpaired) electrons. The fourth-order valence-corrected chi connectivity index (χ4v) is 4.95. The molecule has 190 valence electrons. The van der Waals surface area contributed by atoms with Crippen molar-refractivity contribution >= 4 is 28.7 Å². The Morgan fingerprint density at radius 1 is 1.11 bits per heavy atom. The topological polar surface area (TPSA) is 50.2 Å². The number of halogens is 4. The second-order valence-electron chi connectivity index (χ2n) is 8.80. The van der Waals surface area contributed by atoms with Crippen LogP contribution >= 0.6 is 11.6 Å². The molecule has 1 aromatic heterocycles. The van der Waals surface area contributed by atoms with Gasteiger partial charge in [0.2, 0.25) is 5.88 Å². The maximum absolute atomic E-state index is 13.3. The number of piperidine rings is 1. The van der Waals surface area contributed by atoms with Crippen molar-refractivity contribution in [1.29, 1.82) is 0 Å². The Hall–Kier alpha value is -2.68. The molecule has 1 saturated heterocycles. The molecule has 0 saturated carbocycles. The molecule has 2 aliphatic heterocycles. The number of anilines is 2. The van der Waals surface area contributed by atoms with Gasteiger partial charge in [-0.3, -0.25) is 5.01 Å². The van der Waals surface area contributed by atoms with Crippen LogP contribution in [-0.4, -0.2) is 48.7 Å².